The fourth-order valence-electron chi connectivity index (χ4n) is 1.88. The van der Waals surface area contributed by atoms with Crippen LogP contribution in [0.2, 0.25) is 0 Å². The summed E-state index contributed by atoms with van der Waals surface area (Å²) in [5, 5.41) is 9.73. The highest BCUT2D eigenvalue weighted by molar-refractivity contribution is 5.96. The normalized spacial score (nSPS) is 10.6. The Morgan fingerprint density at radius 3 is 2.62 bits per heavy atom. The lowest BCUT2D eigenvalue weighted by Crippen LogP contribution is -2.19. The monoisotopic (exact) mass is 217 g/mol. The molecule has 0 aliphatic heterocycles. The smallest absolute Gasteiger partial charge is 0.341 e. The van der Waals surface area contributed by atoms with E-state index in [9.17, 15) is 9.59 Å². The quantitative estimate of drug-likeness (QED) is 0.765. The molecule has 1 aromatic heterocycles. The van der Waals surface area contributed by atoms with Gasteiger partial charge in [-0.1, -0.05) is 18.2 Å². The molecule has 0 fully saturated rings. The van der Waals surface area contributed by atoms with Crippen molar-refractivity contribution in [3.8, 4) is 0 Å². The highest BCUT2D eigenvalue weighted by Crippen LogP contribution is 2.19. The number of carboxylic acid groups (broad SMARTS) is 1. The van der Waals surface area contributed by atoms with Crippen LogP contribution in [0.4, 0.5) is 0 Å². The molecule has 82 valence electrons. The maximum atomic E-state index is 11.6. The molecule has 2 aromatic rings. The molecule has 0 amide bonds. The molecule has 1 heterocycles. The van der Waals surface area contributed by atoms with Gasteiger partial charge in [-0.05, 0) is 25.0 Å². The summed E-state index contributed by atoms with van der Waals surface area (Å²) >= 11 is 0. The predicted molar refractivity (Wildman–Crippen MR) is 61.0 cm³/mol. The molecule has 0 unspecified atom stereocenters. The van der Waals surface area contributed by atoms with Gasteiger partial charge in [-0.15, -0.1) is 0 Å². The first-order valence-electron chi connectivity index (χ1n) is 4.88. The molecule has 0 spiro atoms. The summed E-state index contributed by atoms with van der Waals surface area (Å²) in [6, 6.07) is 5.52. The number of aromatic carboxylic acids is 1. The number of aromatic amines is 1. The summed E-state index contributed by atoms with van der Waals surface area (Å²) in [7, 11) is 0. The summed E-state index contributed by atoms with van der Waals surface area (Å²) < 4.78 is 0. The lowest BCUT2D eigenvalue weighted by Gasteiger charge is -2.07. The fourth-order valence-corrected chi connectivity index (χ4v) is 1.88. The van der Waals surface area contributed by atoms with Crippen molar-refractivity contribution >= 4 is 16.9 Å². The number of fused-ring (bicyclic) bond motifs is 1. The third kappa shape index (κ3) is 1.39. The van der Waals surface area contributed by atoms with E-state index in [1.807, 2.05) is 19.1 Å². The summed E-state index contributed by atoms with van der Waals surface area (Å²) in [5.74, 6) is -1.19. The zero-order valence-corrected chi connectivity index (χ0v) is 9.00. The Kier molecular flexibility index (Phi) is 2.27. The van der Waals surface area contributed by atoms with Gasteiger partial charge in [0.2, 0.25) is 0 Å². The molecule has 2 rings (SSSR count). The maximum Gasteiger partial charge on any atom is 0.341 e. The van der Waals surface area contributed by atoms with E-state index in [0.717, 1.165) is 10.9 Å². The first-order chi connectivity index (χ1) is 7.52. The topological polar surface area (TPSA) is 70.2 Å². The Morgan fingerprint density at radius 2 is 2.00 bits per heavy atom. The molecule has 0 bridgehead atoms. The molecular formula is C12H11NO3. The molecule has 4 heteroatoms. The SMILES string of the molecule is Cc1c(C(=O)O)c(=O)[nH]c2c(C)cccc12. The number of carbonyl (C=O) groups is 1. The molecule has 4 nitrogen and oxygen atoms in total. The zero-order valence-electron chi connectivity index (χ0n) is 9.00. The maximum absolute atomic E-state index is 11.6. The summed E-state index contributed by atoms with van der Waals surface area (Å²) in [5.41, 5.74) is 1.41. The van der Waals surface area contributed by atoms with Crippen molar-refractivity contribution in [2.45, 2.75) is 13.8 Å². The summed E-state index contributed by atoms with van der Waals surface area (Å²) in [6.45, 7) is 3.53. The van der Waals surface area contributed by atoms with E-state index in [4.69, 9.17) is 5.11 Å². The molecule has 16 heavy (non-hydrogen) atoms. The van der Waals surface area contributed by atoms with Crippen LogP contribution in [0.3, 0.4) is 0 Å². The Labute approximate surface area is 91.5 Å². The molecule has 0 saturated heterocycles. The van der Waals surface area contributed by atoms with Crippen LogP contribution in [0.5, 0.6) is 0 Å². The summed E-state index contributed by atoms with van der Waals surface area (Å²) in [6.07, 6.45) is 0. The van der Waals surface area contributed by atoms with Gasteiger partial charge in [-0.3, -0.25) is 4.79 Å². The van der Waals surface area contributed by atoms with E-state index in [0.29, 0.717) is 11.1 Å². The second-order valence-electron chi connectivity index (χ2n) is 3.76. The number of H-pyrrole nitrogens is 1. The minimum absolute atomic E-state index is 0.182. The van der Waals surface area contributed by atoms with Crippen molar-refractivity contribution in [3.05, 3.63) is 45.2 Å². The minimum atomic E-state index is -1.19. The van der Waals surface area contributed by atoms with Gasteiger partial charge in [0.15, 0.2) is 0 Å². The number of aromatic nitrogens is 1. The molecular weight excluding hydrogens is 206 g/mol. The Morgan fingerprint density at radius 1 is 1.31 bits per heavy atom. The third-order valence-electron chi connectivity index (χ3n) is 2.73. The Bertz CT molecular complexity index is 640. The van der Waals surface area contributed by atoms with Crippen molar-refractivity contribution in [2.24, 2.45) is 0 Å². The van der Waals surface area contributed by atoms with Gasteiger partial charge in [-0.25, -0.2) is 4.79 Å². The third-order valence-corrected chi connectivity index (χ3v) is 2.73. The first kappa shape index (κ1) is 10.4. The van der Waals surface area contributed by atoms with E-state index in [1.54, 1.807) is 13.0 Å². The summed E-state index contributed by atoms with van der Waals surface area (Å²) in [4.78, 5) is 25.2. The van der Waals surface area contributed by atoms with Gasteiger partial charge >= 0.3 is 5.97 Å². The average Bonchev–Trinajstić information content (AvgIpc) is 2.19. The largest absolute Gasteiger partial charge is 0.477 e. The van der Waals surface area contributed by atoms with Crippen LogP contribution in [-0.4, -0.2) is 16.1 Å². The number of hydrogen-bond donors (Lipinski definition) is 2. The number of nitrogens with one attached hydrogen (secondary N) is 1. The molecule has 0 saturated carbocycles. The number of aryl methyl sites for hydroxylation is 2. The zero-order chi connectivity index (χ0) is 11.9. The van der Waals surface area contributed by atoms with Gasteiger partial charge in [0, 0.05) is 5.39 Å². The van der Waals surface area contributed by atoms with E-state index < -0.39 is 11.5 Å². The number of benzene rings is 1. The number of hydrogen-bond acceptors (Lipinski definition) is 2. The van der Waals surface area contributed by atoms with Crippen LogP contribution in [0, 0.1) is 13.8 Å². The Hall–Kier alpha value is -2.10. The van der Waals surface area contributed by atoms with Crippen LogP contribution in [0.1, 0.15) is 21.5 Å². The van der Waals surface area contributed by atoms with Crippen molar-refractivity contribution in [2.75, 3.05) is 0 Å². The van der Waals surface area contributed by atoms with Crippen molar-refractivity contribution < 1.29 is 9.90 Å². The first-order valence-corrected chi connectivity index (χ1v) is 4.88. The number of rotatable bonds is 1. The second kappa shape index (κ2) is 3.48. The fraction of sp³-hybridized carbons (Fsp3) is 0.167. The van der Waals surface area contributed by atoms with Gasteiger partial charge in [-0.2, -0.15) is 0 Å². The van der Waals surface area contributed by atoms with E-state index in [2.05, 4.69) is 4.98 Å². The van der Waals surface area contributed by atoms with Crippen molar-refractivity contribution in [1.29, 1.82) is 0 Å². The number of carboxylic acids is 1. The van der Waals surface area contributed by atoms with Gasteiger partial charge in [0.05, 0.1) is 5.52 Å². The van der Waals surface area contributed by atoms with Crippen LogP contribution in [-0.2, 0) is 0 Å². The van der Waals surface area contributed by atoms with E-state index in [1.165, 1.54) is 0 Å². The molecule has 0 aliphatic rings. The predicted octanol–water partition coefficient (Wildman–Crippen LogP) is 1.84. The molecule has 1 aromatic carbocycles. The lowest BCUT2D eigenvalue weighted by atomic mass is 10.0. The average molecular weight is 217 g/mol. The van der Waals surface area contributed by atoms with E-state index in [-0.39, 0.29) is 5.56 Å². The van der Waals surface area contributed by atoms with Gasteiger partial charge in [0.1, 0.15) is 5.56 Å². The van der Waals surface area contributed by atoms with Crippen molar-refractivity contribution in [1.82, 2.24) is 4.98 Å². The lowest BCUT2D eigenvalue weighted by molar-refractivity contribution is 0.0694. The minimum Gasteiger partial charge on any atom is -0.477 e. The van der Waals surface area contributed by atoms with Crippen LogP contribution >= 0.6 is 0 Å². The van der Waals surface area contributed by atoms with Crippen molar-refractivity contribution in [3.63, 3.8) is 0 Å². The van der Waals surface area contributed by atoms with Gasteiger partial charge < -0.3 is 10.1 Å². The molecule has 2 N–H and O–H groups in total. The van der Waals surface area contributed by atoms with E-state index >= 15 is 0 Å². The van der Waals surface area contributed by atoms with Crippen LogP contribution in [0.25, 0.3) is 10.9 Å². The number of para-hydroxylation sites is 1. The standard InChI is InChI=1S/C12H11NO3/c1-6-4-3-5-8-7(2)9(12(15)16)11(14)13-10(6)8/h3-5H,1-2H3,(H,13,14)(H,15,16). The van der Waals surface area contributed by atoms with Gasteiger partial charge in [0.25, 0.3) is 5.56 Å². The second-order valence-corrected chi connectivity index (χ2v) is 3.76. The van der Waals surface area contributed by atoms with Crippen LogP contribution in [0.15, 0.2) is 23.0 Å². The number of pyridine rings is 1. The Balaban J connectivity index is 3.01. The van der Waals surface area contributed by atoms with Crippen LogP contribution < -0.4 is 5.56 Å². The molecule has 0 atom stereocenters. The molecule has 0 radical (unpaired) electrons. The highest BCUT2D eigenvalue weighted by Gasteiger charge is 2.15. The highest BCUT2D eigenvalue weighted by atomic mass is 16.4. The molecule has 0 aliphatic carbocycles.